The average Bonchev–Trinajstić information content (AvgIpc) is 2.82. The van der Waals surface area contributed by atoms with Gasteiger partial charge in [-0.3, -0.25) is 0 Å². The average molecular weight is 218 g/mol. The van der Waals surface area contributed by atoms with E-state index in [1.165, 1.54) is 36.8 Å². The lowest BCUT2D eigenvalue weighted by Crippen LogP contribution is -2.18. The van der Waals surface area contributed by atoms with E-state index in [4.69, 9.17) is 0 Å². The first-order valence-corrected chi connectivity index (χ1v) is 6.46. The van der Waals surface area contributed by atoms with Gasteiger partial charge in [0.25, 0.3) is 0 Å². The molecule has 16 heavy (non-hydrogen) atoms. The highest BCUT2D eigenvalue weighted by Crippen LogP contribution is 2.32. The molecule has 0 saturated heterocycles. The van der Waals surface area contributed by atoms with Crippen molar-refractivity contribution in [2.75, 3.05) is 6.61 Å². The van der Waals surface area contributed by atoms with Gasteiger partial charge >= 0.3 is 0 Å². The maximum atomic E-state index is 9.50. The van der Waals surface area contributed by atoms with E-state index in [0.717, 1.165) is 12.3 Å². The van der Waals surface area contributed by atoms with Crippen LogP contribution in [0.4, 0.5) is 0 Å². The number of aryl methyl sites for hydroxylation is 1. The molecule has 0 amide bonds. The first-order valence-electron chi connectivity index (χ1n) is 6.46. The second-order valence-corrected chi connectivity index (χ2v) is 5.18. The molecule has 1 aromatic rings. The van der Waals surface area contributed by atoms with Crippen molar-refractivity contribution in [1.29, 1.82) is 0 Å². The number of rotatable bonds is 4. The predicted octanol–water partition coefficient (Wildman–Crippen LogP) is 3.34. The van der Waals surface area contributed by atoms with Crippen LogP contribution in [0.25, 0.3) is 0 Å². The third-order valence-electron chi connectivity index (χ3n) is 3.92. The SMILES string of the molecule is Cc1ccc(CC(CO)C2CCCC2)cc1. The van der Waals surface area contributed by atoms with E-state index in [0.29, 0.717) is 12.5 Å². The summed E-state index contributed by atoms with van der Waals surface area (Å²) in [7, 11) is 0. The van der Waals surface area contributed by atoms with Gasteiger partial charge in [0.2, 0.25) is 0 Å². The monoisotopic (exact) mass is 218 g/mol. The van der Waals surface area contributed by atoms with Crippen LogP contribution < -0.4 is 0 Å². The van der Waals surface area contributed by atoms with Crippen LogP contribution in [0.3, 0.4) is 0 Å². The summed E-state index contributed by atoms with van der Waals surface area (Å²) in [5, 5.41) is 9.50. The molecule has 1 aliphatic rings. The first-order chi connectivity index (χ1) is 7.79. The van der Waals surface area contributed by atoms with Crippen molar-refractivity contribution in [3.8, 4) is 0 Å². The fraction of sp³-hybridized carbons (Fsp3) is 0.600. The lowest BCUT2D eigenvalue weighted by atomic mass is 9.86. The second kappa shape index (κ2) is 5.49. The Morgan fingerprint density at radius 1 is 1.19 bits per heavy atom. The zero-order valence-electron chi connectivity index (χ0n) is 10.2. The molecule has 1 N–H and O–H groups in total. The summed E-state index contributed by atoms with van der Waals surface area (Å²) in [6, 6.07) is 8.73. The van der Waals surface area contributed by atoms with Crippen LogP contribution in [-0.4, -0.2) is 11.7 Å². The number of hydrogen-bond acceptors (Lipinski definition) is 1. The smallest absolute Gasteiger partial charge is 0.0465 e. The molecule has 1 aliphatic carbocycles. The highest BCUT2D eigenvalue weighted by Gasteiger charge is 2.24. The van der Waals surface area contributed by atoms with E-state index in [-0.39, 0.29) is 0 Å². The number of aliphatic hydroxyl groups is 1. The molecule has 0 radical (unpaired) electrons. The van der Waals surface area contributed by atoms with Crippen LogP contribution in [0.5, 0.6) is 0 Å². The number of aliphatic hydroxyl groups excluding tert-OH is 1. The molecule has 1 fully saturated rings. The molecule has 88 valence electrons. The minimum atomic E-state index is 0.346. The minimum Gasteiger partial charge on any atom is -0.396 e. The molecular formula is C15H22O. The Bertz CT molecular complexity index is 309. The number of benzene rings is 1. The highest BCUT2D eigenvalue weighted by molar-refractivity contribution is 5.21. The maximum absolute atomic E-state index is 9.50. The summed E-state index contributed by atoms with van der Waals surface area (Å²) in [6.45, 7) is 2.46. The van der Waals surface area contributed by atoms with E-state index in [2.05, 4.69) is 31.2 Å². The van der Waals surface area contributed by atoms with Crippen LogP contribution in [0, 0.1) is 18.8 Å². The van der Waals surface area contributed by atoms with Gasteiger partial charge in [-0.2, -0.15) is 0 Å². The Morgan fingerprint density at radius 2 is 1.81 bits per heavy atom. The summed E-state index contributed by atoms with van der Waals surface area (Å²) < 4.78 is 0. The van der Waals surface area contributed by atoms with Crippen molar-refractivity contribution in [3.05, 3.63) is 35.4 Å². The Labute approximate surface area is 98.5 Å². The second-order valence-electron chi connectivity index (χ2n) is 5.18. The third-order valence-corrected chi connectivity index (χ3v) is 3.92. The Hall–Kier alpha value is -0.820. The van der Waals surface area contributed by atoms with E-state index in [9.17, 15) is 5.11 Å². The van der Waals surface area contributed by atoms with Crippen molar-refractivity contribution in [3.63, 3.8) is 0 Å². The molecule has 1 saturated carbocycles. The van der Waals surface area contributed by atoms with Crippen molar-refractivity contribution in [1.82, 2.24) is 0 Å². The van der Waals surface area contributed by atoms with Gasteiger partial charge in [0.1, 0.15) is 0 Å². The molecule has 0 aromatic heterocycles. The lowest BCUT2D eigenvalue weighted by molar-refractivity contribution is 0.175. The lowest BCUT2D eigenvalue weighted by Gasteiger charge is -2.21. The number of hydrogen-bond donors (Lipinski definition) is 1. The van der Waals surface area contributed by atoms with Crippen molar-refractivity contribution >= 4 is 0 Å². The standard InChI is InChI=1S/C15H22O/c1-12-6-8-13(9-7-12)10-15(11-16)14-4-2-3-5-14/h6-9,14-16H,2-5,10-11H2,1H3. The predicted molar refractivity (Wildman–Crippen MR) is 67.4 cm³/mol. The van der Waals surface area contributed by atoms with Gasteiger partial charge in [-0.25, -0.2) is 0 Å². The van der Waals surface area contributed by atoms with Crippen molar-refractivity contribution in [2.45, 2.75) is 39.0 Å². The quantitative estimate of drug-likeness (QED) is 0.822. The fourth-order valence-corrected chi connectivity index (χ4v) is 2.84. The van der Waals surface area contributed by atoms with Crippen LogP contribution in [0.15, 0.2) is 24.3 Å². The van der Waals surface area contributed by atoms with Gasteiger partial charge in [0.15, 0.2) is 0 Å². The van der Waals surface area contributed by atoms with Gasteiger partial charge in [-0.05, 0) is 30.7 Å². The van der Waals surface area contributed by atoms with Crippen molar-refractivity contribution < 1.29 is 5.11 Å². The summed E-state index contributed by atoms with van der Waals surface area (Å²) in [6.07, 6.45) is 6.39. The van der Waals surface area contributed by atoms with Gasteiger partial charge in [-0.1, -0.05) is 55.5 Å². The molecule has 0 heterocycles. The molecule has 1 unspecified atom stereocenters. The molecular weight excluding hydrogens is 196 g/mol. The molecule has 1 nitrogen and oxygen atoms in total. The first kappa shape index (κ1) is 11.7. The normalized spacial score (nSPS) is 18.9. The third kappa shape index (κ3) is 2.85. The summed E-state index contributed by atoms with van der Waals surface area (Å²) in [5.74, 6) is 1.23. The summed E-state index contributed by atoms with van der Waals surface area (Å²) in [5.41, 5.74) is 2.68. The molecule has 0 spiro atoms. The molecule has 0 bridgehead atoms. The van der Waals surface area contributed by atoms with Crippen LogP contribution in [-0.2, 0) is 6.42 Å². The topological polar surface area (TPSA) is 20.2 Å². The Morgan fingerprint density at radius 3 is 2.38 bits per heavy atom. The van der Waals surface area contributed by atoms with Crippen LogP contribution in [0.2, 0.25) is 0 Å². The minimum absolute atomic E-state index is 0.346. The molecule has 1 atom stereocenters. The zero-order valence-corrected chi connectivity index (χ0v) is 10.2. The molecule has 2 rings (SSSR count). The van der Waals surface area contributed by atoms with Gasteiger partial charge in [0.05, 0.1) is 0 Å². The zero-order chi connectivity index (χ0) is 11.4. The van der Waals surface area contributed by atoms with Gasteiger partial charge in [-0.15, -0.1) is 0 Å². The van der Waals surface area contributed by atoms with Crippen LogP contribution in [0.1, 0.15) is 36.8 Å². The molecule has 1 aromatic carbocycles. The van der Waals surface area contributed by atoms with E-state index in [1.807, 2.05) is 0 Å². The maximum Gasteiger partial charge on any atom is 0.0465 e. The molecule has 1 heteroatoms. The Balaban J connectivity index is 1.97. The highest BCUT2D eigenvalue weighted by atomic mass is 16.3. The fourth-order valence-electron chi connectivity index (χ4n) is 2.84. The summed E-state index contributed by atoms with van der Waals surface area (Å²) in [4.78, 5) is 0. The Kier molecular flexibility index (Phi) is 4.00. The van der Waals surface area contributed by atoms with E-state index >= 15 is 0 Å². The van der Waals surface area contributed by atoms with Crippen molar-refractivity contribution in [2.24, 2.45) is 11.8 Å². The van der Waals surface area contributed by atoms with E-state index in [1.54, 1.807) is 0 Å². The van der Waals surface area contributed by atoms with Gasteiger partial charge in [0, 0.05) is 6.61 Å². The largest absolute Gasteiger partial charge is 0.396 e. The van der Waals surface area contributed by atoms with Gasteiger partial charge < -0.3 is 5.11 Å². The summed E-state index contributed by atoms with van der Waals surface area (Å²) >= 11 is 0. The molecule has 0 aliphatic heterocycles. The van der Waals surface area contributed by atoms with E-state index < -0.39 is 0 Å². The van der Waals surface area contributed by atoms with Crippen LogP contribution >= 0.6 is 0 Å².